The first-order chi connectivity index (χ1) is 12.8. The van der Waals surface area contributed by atoms with Gasteiger partial charge >= 0.3 is 0 Å². The Labute approximate surface area is 156 Å². The monoisotopic (exact) mass is 355 g/mol. The summed E-state index contributed by atoms with van der Waals surface area (Å²) in [4.78, 5) is 2.58. The molecule has 1 fully saturated rings. The van der Waals surface area contributed by atoms with Crippen LogP contribution in [0.1, 0.15) is 42.9 Å². The third-order valence-corrected chi connectivity index (χ3v) is 5.22. The van der Waals surface area contributed by atoms with Crippen molar-refractivity contribution in [1.29, 1.82) is 0 Å². The Balaban J connectivity index is 1.87. The van der Waals surface area contributed by atoms with Gasteiger partial charge in [0.05, 0.1) is 21.3 Å². The highest BCUT2D eigenvalue weighted by molar-refractivity contribution is 5.46. The van der Waals surface area contributed by atoms with Crippen molar-refractivity contribution in [3.8, 4) is 17.2 Å². The Morgan fingerprint density at radius 3 is 2.38 bits per heavy atom. The second-order valence-corrected chi connectivity index (χ2v) is 6.76. The second kappa shape index (κ2) is 8.95. The highest BCUT2D eigenvalue weighted by atomic mass is 16.5. The van der Waals surface area contributed by atoms with E-state index >= 15 is 0 Å². The molecule has 140 valence electrons. The van der Waals surface area contributed by atoms with Gasteiger partial charge in [0.1, 0.15) is 5.75 Å². The molecule has 4 nitrogen and oxygen atoms in total. The number of nitrogens with zero attached hydrogens (tertiary/aromatic N) is 1. The van der Waals surface area contributed by atoms with E-state index in [0.29, 0.717) is 6.04 Å². The molecule has 1 saturated heterocycles. The van der Waals surface area contributed by atoms with E-state index in [1.165, 1.54) is 36.8 Å². The van der Waals surface area contributed by atoms with Crippen LogP contribution in [-0.2, 0) is 6.54 Å². The maximum atomic E-state index is 5.64. The van der Waals surface area contributed by atoms with Gasteiger partial charge in [0.25, 0.3) is 0 Å². The summed E-state index contributed by atoms with van der Waals surface area (Å²) in [5.74, 6) is 2.54. The van der Waals surface area contributed by atoms with Crippen molar-refractivity contribution in [3.63, 3.8) is 0 Å². The van der Waals surface area contributed by atoms with E-state index in [2.05, 4.69) is 35.2 Å². The summed E-state index contributed by atoms with van der Waals surface area (Å²) < 4.78 is 16.4. The van der Waals surface area contributed by atoms with Gasteiger partial charge < -0.3 is 14.2 Å². The lowest BCUT2D eigenvalue weighted by Gasteiger charge is -2.31. The first-order valence-electron chi connectivity index (χ1n) is 9.34. The minimum atomic E-state index is 0.416. The molecule has 1 aliphatic rings. The molecule has 26 heavy (non-hydrogen) atoms. The number of rotatable bonds is 6. The number of benzene rings is 2. The summed E-state index contributed by atoms with van der Waals surface area (Å²) in [7, 11) is 5.11. The highest BCUT2D eigenvalue weighted by Crippen LogP contribution is 2.36. The second-order valence-electron chi connectivity index (χ2n) is 6.76. The van der Waals surface area contributed by atoms with Crippen molar-refractivity contribution < 1.29 is 14.2 Å². The number of methoxy groups -OCH3 is 3. The molecule has 3 rings (SSSR count). The minimum absolute atomic E-state index is 0.416. The third-order valence-electron chi connectivity index (χ3n) is 5.22. The van der Waals surface area contributed by atoms with E-state index in [-0.39, 0.29) is 0 Å². The molecule has 2 aromatic carbocycles. The lowest BCUT2D eigenvalue weighted by molar-refractivity contribution is 0.189. The Kier molecular flexibility index (Phi) is 6.40. The summed E-state index contributed by atoms with van der Waals surface area (Å²) in [6.07, 6.45) is 4.97. The zero-order valence-electron chi connectivity index (χ0n) is 16.0. The fourth-order valence-corrected chi connectivity index (χ4v) is 3.86. The van der Waals surface area contributed by atoms with Crippen molar-refractivity contribution in [2.45, 2.75) is 38.3 Å². The van der Waals surface area contributed by atoms with Crippen molar-refractivity contribution in [2.24, 2.45) is 0 Å². The van der Waals surface area contributed by atoms with Crippen molar-refractivity contribution in [1.82, 2.24) is 4.90 Å². The van der Waals surface area contributed by atoms with Crippen LogP contribution in [0, 0.1) is 0 Å². The predicted octanol–water partition coefficient (Wildman–Crippen LogP) is 4.83. The van der Waals surface area contributed by atoms with E-state index in [4.69, 9.17) is 14.2 Å². The third kappa shape index (κ3) is 4.13. The van der Waals surface area contributed by atoms with Gasteiger partial charge in [-0.1, -0.05) is 37.1 Å². The van der Waals surface area contributed by atoms with Gasteiger partial charge in [-0.3, -0.25) is 4.90 Å². The Bertz CT molecular complexity index is 699. The van der Waals surface area contributed by atoms with E-state index < -0.39 is 0 Å². The fraction of sp³-hybridized carbons (Fsp3) is 0.455. The van der Waals surface area contributed by atoms with Crippen molar-refractivity contribution in [3.05, 3.63) is 53.6 Å². The van der Waals surface area contributed by atoms with Crippen LogP contribution in [0.4, 0.5) is 0 Å². The van der Waals surface area contributed by atoms with Crippen molar-refractivity contribution in [2.75, 3.05) is 27.9 Å². The van der Waals surface area contributed by atoms with E-state index in [1.54, 1.807) is 21.3 Å². The van der Waals surface area contributed by atoms with E-state index in [1.807, 2.05) is 12.1 Å². The molecule has 0 radical (unpaired) electrons. The van der Waals surface area contributed by atoms with Crippen LogP contribution in [0.5, 0.6) is 17.2 Å². The number of ether oxygens (including phenoxy) is 3. The molecule has 0 aromatic heterocycles. The molecule has 0 spiro atoms. The molecular weight excluding hydrogens is 326 g/mol. The maximum Gasteiger partial charge on any atom is 0.165 e. The smallest absolute Gasteiger partial charge is 0.165 e. The molecule has 0 saturated carbocycles. The first-order valence-corrected chi connectivity index (χ1v) is 9.34. The summed E-state index contributed by atoms with van der Waals surface area (Å²) >= 11 is 0. The highest BCUT2D eigenvalue weighted by Gasteiger charge is 2.24. The standard InChI is InChI=1S/C22H29NO3/c1-24-19-13-11-17(12-14-19)20-9-5-4-6-15-23(20)16-18-8-7-10-21(25-2)22(18)26-3/h7-8,10-14,20H,4-6,9,15-16H2,1-3H3/t20-/m1/s1. The lowest BCUT2D eigenvalue weighted by Crippen LogP contribution is -2.28. The molecular formula is C22H29NO3. The van der Waals surface area contributed by atoms with Gasteiger partial charge in [0.2, 0.25) is 0 Å². The van der Waals surface area contributed by atoms with Crippen LogP contribution < -0.4 is 14.2 Å². The van der Waals surface area contributed by atoms with Gasteiger partial charge in [-0.25, -0.2) is 0 Å². The topological polar surface area (TPSA) is 30.9 Å². The van der Waals surface area contributed by atoms with Gasteiger partial charge in [0, 0.05) is 18.2 Å². The number of hydrogen-bond acceptors (Lipinski definition) is 4. The van der Waals surface area contributed by atoms with Crippen LogP contribution in [0.15, 0.2) is 42.5 Å². The largest absolute Gasteiger partial charge is 0.497 e. The minimum Gasteiger partial charge on any atom is -0.497 e. The van der Waals surface area contributed by atoms with Gasteiger partial charge in [-0.2, -0.15) is 0 Å². The van der Waals surface area contributed by atoms with Crippen LogP contribution in [0.3, 0.4) is 0 Å². The summed E-state index contributed by atoms with van der Waals surface area (Å²) in [5.41, 5.74) is 2.53. The van der Waals surface area contributed by atoms with Crippen molar-refractivity contribution >= 4 is 0 Å². The molecule has 4 heteroatoms. The summed E-state index contributed by atoms with van der Waals surface area (Å²) in [6, 6.07) is 15.1. The Morgan fingerprint density at radius 1 is 0.885 bits per heavy atom. The van der Waals surface area contributed by atoms with Gasteiger partial charge in [0.15, 0.2) is 11.5 Å². The zero-order valence-corrected chi connectivity index (χ0v) is 16.0. The number of para-hydroxylation sites is 1. The first kappa shape index (κ1) is 18.6. The normalized spacial score (nSPS) is 18.2. The summed E-state index contributed by atoms with van der Waals surface area (Å²) in [5, 5.41) is 0. The molecule has 0 aliphatic carbocycles. The number of likely N-dealkylation sites (tertiary alicyclic amines) is 1. The Hall–Kier alpha value is -2.20. The van der Waals surface area contributed by atoms with Crippen LogP contribution in [-0.4, -0.2) is 32.8 Å². The van der Waals surface area contributed by atoms with Crippen LogP contribution in [0.25, 0.3) is 0 Å². The maximum absolute atomic E-state index is 5.64. The molecule has 0 amide bonds. The fourth-order valence-electron chi connectivity index (χ4n) is 3.86. The van der Waals surface area contributed by atoms with Gasteiger partial charge in [-0.15, -0.1) is 0 Å². The van der Waals surface area contributed by atoms with Crippen LogP contribution in [0.2, 0.25) is 0 Å². The molecule has 0 unspecified atom stereocenters. The zero-order chi connectivity index (χ0) is 18.4. The molecule has 0 bridgehead atoms. The average Bonchev–Trinajstić information content (AvgIpc) is 2.93. The van der Waals surface area contributed by atoms with E-state index in [9.17, 15) is 0 Å². The average molecular weight is 355 g/mol. The number of hydrogen-bond donors (Lipinski definition) is 0. The molecule has 1 atom stereocenters. The Morgan fingerprint density at radius 2 is 1.69 bits per heavy atom. The molecule has 2 aromatic rings. The molecule has 1 heterocycles. The summed E-state index contributed by atoms with van der Waals surface area (Å²) in [6.45, 7) is 1.95. The van der Waals surface area contributed by atoms with Gasteiger partial charge in [-0.05, 0) is 43.1 Å². The van der Waals surface area contributed by atoms with Crippen LogP contribution >= 0.6 is 0 Å². The quantitative estimate of drug-likeness (QED) is 0.743. The molecule has 0 N–H and O–H groups in total. The van der Waals surface area contributed by atoms with E-state index in [0.717, 1.165) is 30.3 Å². The predicted molar refractivity (Wildman–Crippen MR) is 104 cm³/mol. The molecule has 1 aliphatic heterocycles. The lowest BCUT2D eigenvalue weighted by atomic mass is 10.00. The SMILES string of the molecule is COc1ccc([C@H]2CCCCCN2Cc2cccc(OC)c2OC)cc1.